The van der Waals surface area contributed by atoms with Crippen LogP contribution >= 0.6 is 0 Å². The molecule has 1 atom stereocenters. The van der Waals surface area contributed by atoms with Gasteiger partial charge in [-0.1, -0.05) is 48.5 Å². The number of hydrogen-bond donors (Lipinski definition) is 3. The average molecular weight is 444 g/mol. The molecule has 7 nitrogen and oxygen atoms in total. The molecule has 0 saturated carbocycles. The number of carbonyl (C=O) groups is 1. The van der Waals surface area contributed by atoms with Gasteiger partial charge in [-0.05, 0) is 41.5 Å². The van der Waals surface area contributed by atoms with Crippen LogP contribution in [0.2, 0.25) is 0 Å². The molecule has 0 aliphatic carbocycles. The fraction of sp³-hybridized carbons (Fsp3) is 0.154. The molecule has 3 aromatic carbocycles. The Morgan fingerprint density at radius 3 is 2.61 bits per heavy atom. The first kappa shape index (κ1) is 22.1. The maximum absolute atomic E-state index is 13.1. The second kappa shape index (κ2) is 10.0. The predicted octanol–water partition coefficient (Wildman–Crippen LogP) is 4.21. The molecule has 1 heterocycles. The van der Waals surface area contributed by atoms with Gasteiger partial charge in [0.15, 0.2) is 0 Å². The molecular formula is C26H25N3O4. The van der Waals surface area contributed by atoms with Crippen molar-refractivity contribution in [2.24, 2.45) is 0 Å². The summed E-state index contributed by atoms with van der Waals surface area (Å²) in [6, 6.07) is 19.9. The normalized spacial score (nSPS) is 12.1. The summed E-state index contributed by atoms with van der Waals surface area (Å²) in [5.74, 6) is 0.826. The van der Waals surface area contributed by atoms with Crippen LogP contribution in [0, 0.1) is 0 Å². The summed E-state index contributed by atoms with van der Waals surface area (Å²) in [6.45, 7) is -0.222. The van der Waals surface area contributed by atoms with Crippen molar-refractivity contribution in [3.8, 4) is 11.5 Å². The zero-order chi connectivity index (χ0) is 23.2. The maximum atomic E-state index is 13.1. The van der Waals surface area contributed by atoms with Crippen LogP contribution in [0.4, 0.5) is 0 Å². The summed E-state index contributed by atoms with van der Waals surface area (Å²) < 4.78 is 10.9. The Morgan fingerprint density at radius 1 is 1.06 bits per heavy atom. The lowest BCUT2D eigenvalue weighted by molar-refractivity contribution is 0.0913. The Hall–Kier alpha value is -4.10. The first-order chi connectivity index (χ1) is 16.1. The molecule has 0 fully saturated rings. The zero-order valence-electron chi connectivity index (χ0n) is 18.4. The SMILES string of the molecule is COc1cccc(/C=C/c2n[nH]c3ccc(C(=O)NC(CO)c4ccccc4)c(OC)c23)c1. The quantitative estimate of drug-likeness (QED) is 0.379. The highest BCUT2D eigenvalue weighted by molar-refractivity contribution is 6.05. The van der Waals surface area contributed by atoms with Gasteiger partial charge in [0.1, 0.15) is 11.5 Å². The van der Waals surface area contributed by atoms with Crippen molar-refractivity contribution in [3.63, 3.8) is 0 Å². The van der Waals surface area contributed by atoms with Gasteiger partial charge < -0.3 is 19.9 Å². The summed E-state index contributed by atoms with van der Waals surface area (Å²) in [5.41, 5.74) is 3.51. The van der Waals surface area contributed by atoms with Crippen LogP contribution in [-0.2, 0) is 0 Å². The van der Waals surface area contributed by atoms with E-state index in [4.69, 9.17) is 9.47 Å². The summed E-state index contributed by atoms with van der Waals surface area (Å²) in [5, 5.41) is 20.8. The van der Waals surface area contributed by atoms with Gasteiger partial charge in [-0.2, -0.15) is 5.10 Å². The second-order valence-corrected chi connectivity index (χ2v) is 7.41. The van der Waals surface area contributed by atoms with E-state index in [1.807, 2.05) is 66.7 Å². The number of aromatic amines is 1. The number of aliphatic hydroxyl groups is 1. The summed E-state index contributed by atoms with van der Waals surface area (Å²) in [7, 11) is 3.15. The lowest BCUT2D eigenvalue weighted by Crippen LogP contribution is -2.31. The summed E-state index contributed by atoms with van der Waals surface area (Å²) in [4.78, 5) is 13.1. The Balaban J connectivity index is 1.67. The molecule has 33 heavy (non-hydrogen) atoms. The van der Waals surface area contributed by atoms with Crippen molar-refractivity contribution < 1.29 is 19.4 Å². The average Bonchev–Trinajstić information content (AvgIpc) is 3.29. The summed E-state index contributed by atoms with van der Waals surface area (Å²) >= 11 is 0. The first-order valence-electron chi connectivity index (χ1n) is 10.5. The smallest absolute Gasteiger partial charge is 0.255 e. The molecule has 0 aliphatic heterocycles. The topological polar surface area (TPSA) is 96.5 Å². The van der Waals surface area contributed by atoms with Gasteiger partial charge in [0, 0.05) is 0 Å². The van der Waals surface area contributed by atoms with Gasteiger partial charge in [0.05, 0.1) is 49.0 Å². The van der Waals surface area contributed by atoms with Gasteiger partial charge in [-0.3, -0.25) is 9.89 Å². The van der Waals surface area contributed by atoms with Crippen LogP contribution in [0.15, 0.2) is 66.7 Å². The molecule has 1 aromatic heterocycles. The molecular weight excluding hydrogens is 418 g/mol. The maximum Gasteiger partial charge on any atom is 0.255 e. The zero-order valence-corrected chi connectivity index (χ0v) is 18.4. The number of fused-ring (bicyclic) bond motifs is 1. The number of H-pyrrole nitrogens is 1. The van der Waals surface area contributed by atoms with Gasteiger partial charge in [0.25, 0.3) is 5.91 Å². The highest BCUT2D eigenvalue weighted by atomic mass is 16.5. The number of hydrogen-bond acceptors (Lipinski definition) is 5. The number of aromatic nitrogens is 2. The third kappa shape index (κ3) is 4.73. The van der Waals surface area contributed by atoms with E-state index in [1.165, 1.54) is 7.11 Å². The molecule has 0 aliphatic rings. The van der Waals surface area contributed by atoms with Crippen LogP contribution in [0.1, 0.15) is 33.2 Å². The molecule has 168 valence electrons. The van der Waals surface area contributed by atoms with E-state index < -0.39 is 6.04 Å². The Morgan fingerprint density at radius 2 is 1.88 bits per heavy atom. The van der Waals surface area contributed by atoms with Crippen LogP contribution < -0.4 is 14.8 Å². The van der Waals surface area contributed by atoms with Crippen molar-refractivity contribution in [1.82, 2.24) is 15.5 Å². The third-order valence-corrected chi connectivity index (χ3v) is 5.38. The lowest BCUT2D eigenvalue weighted by atomic mass is 10.0. The largest absolute Gasteiger partial charge is 0.497 e. The molecule has 4 aromatic rings. The fourth-order valence-corrected chi connectivity index (χ4v) is 3.69. The highest BCUT2D eigenvalue weighted by Crippen LogP contribution is 2.32. The predicted molar refractivity (Wildman–Crippen MR) is 128 cm³/mol. The number of ether oxygens (including phenoxy) is 2. The van der Waals surface area contributed by atoms with Crippen molar-refractivity contribution in [2.75, 3.05) is 20.8 Å². The van der Waals surface area contributed by atoms with Crippen molar-refractivity contribution in [2.45, 2.75) is 6.04 Å². The van der Waals surface area contributed by atoms with Gasteiger partial charge >= 0.3 is 0 Å². The van der Waals surface area contributed by atoms with E-state index in [2.05, 4.69) is 15.5 Å². The number of methoxy groups -OCH3 is 2. The van der Waals surface area contributed by atoms with Crippen molar-refractivity contribution >= 4 is 29.0 Å². The Bertz CT molecular complexity index is 1280. The van der Waals surface area contributed by atoms with Gasteiger partial charge in [-0.25, -0.2) is 0 Å². The molecule has 0 saturated heterocycles. The van der Waals surface area contributed by atoms with E-state index in [9.17, 15) is 9.90 Å². The minimum atomic E-state index is -0.532. The third-order valence-electron chi connectivity index (χ3n) is 5.38. The number of amides is 1. The molecule has 3 N–H and O–H groups in total. The van der Waals surface area contributed by atoms with Gasteiger partial charge in [0.2, 0.25) is 0 Å². The lowest BCUT2D eigenvalue weighted by Gasteiger charge is -2.18. The van der Waals surface area contributed by atoms with Gasteiger partial charge in [-0.15, -0.1) is 0 Å². The minimum Gasteiger partial charge on any atom is -0.497 e. The highest BCUT2D eigenvalue weighted by Gasteiger charge is 2.21. The van der Waals surface area contributed by atoms with Crippen LogP contribution in [0.3, 0.4) is 0 Å². The summed E-state index contributed by atoms with van der Waals surface area (Å²) in [6.07, 6.45) is 3.78. The standard InChI is InChI=1S/C26H25N3O4/c1-32-19-10-6-7-17(15-19)11-13-21-24-22(29-28-21)14-12-20(25(24)33-2)26(31)27-23(16-30)18-8-4-3-5-9-18/h3-15,23,30H,16H2,1-2H3,(H,27,31)(H,28,29)/b13-11+. The monoisotopic (exact) mass is 443 g/mol. The van der Waals surface area contributed by atoms with E-state index in [1.54, 1.807) is 19.2 Å². The van der Waals surface area contributed by atoms with Crippen LogP contribution in [-0.4, -0.2) is 42.0 Å². The van der Waals surface area contributed by atoms with E-state index in [0.717, 1.165) is 22.4 Å². The molecule has 0 spiro atoms. The number of nitrogens with zero attached hydrogens (tertiary/aromatic N) is 1. The van der Waals surface area contributed by atoms with Crippen molar-refractivity contribution in [1.29, 1.82) is 0 Å². The first-order valence-corrected chi connectivity index (χ1v) is 10.5. The number of benzene rings is 3. The number of aliphatic hydroxyl groups excluding tert-OH is 1. The molecule has 1 amide bonds. The van der Waals surface area contributed by atoms with Crippen molar-refractivity contribution in [3.05, 3.63) is 89.1 Å². The van der Waals surface area contributed by atoms with E-state index >= 15 is 0 Å². The number of nitrogens with one attached hydrogen (secondary N) is 2. The second-order valence-electron chi connectivity index (χ2n) is 7.41. The Kier molecular flexibility index (Phi) is 6.71. The molecule has 0 radical (unpaired) electrons. The van der Waals surface area contributed by atoms with E-state index in [0.29, 0.717) is 22.4 Å². The van der Waals surface area contributed by atoms with Crippen LogP contribution in [0.5, 0.6) is 11.5 Å². The Labute approximate surface area is 191 Å². The number of carbonyl (C=O) groups excluding carboxylic acids is 1. The molecule has 0 bridgehead atoms. The molecule has 7 heteroatoms. The fourth-order valence-electron chi connectivity index (χ4n) is 3.69. The van der Waals surface area contributed by atoms with E-state index in [-0.39, 0.29) is 12.5 Å². The molecule has 1 unspecified atom stereocenters. The number of rotatable bonds is 8. The minimum absolute atomic E-state index is 0.222. The van der Waals surface area contributed by atoms with Crippen LogP contribution in [0.25, 0.3) is 23.1 Å². The molecule has 4 rings (SSSR count).